The topological polar surface area (TPSA) is 52.7 Å². The van der Waals surface area contributed by atoms with Gasteiger partial charge >= 0.3 is 0 Å². The van der Waals surface area contributed by atoms with Crippen molar-refractivity contribution < 1.29 is 14.0 Å². The van der Waals surface area contributed by atoms with Crippen LogP contribution in [0.15, 0.2) is 54.6 Å². The van der Waals surface area contributed by atoms with Gasteiger partial charge in [-0.05, 0) is 17.7 Å². The van der Waals surface area contributed by atoms with Crippen LogP contribution in [-0.2, 0) is 16.1 Å². The van der Waals surface area contributed by atoms with Gasteiger partial charge in [-0.1, -0.05) is 42.5 Å². The summed E-state index contributed by atoms with van der Waals surface area (Å²) in [7, 11) is 0. The van der Waals surface area contributed by atoms with E-state index in [-0.39, 0.29) is 24.1 Å². The molecule has 1 heterocycles. The van der Waals surface area contributed by atoms with E-state index in [0.717, 1.165) is 5.56 Å². The minimum Gasteiger partial charge on any atom is -0.366 e. The molecule has 0 saturated carbocycles. The Morgan fingerprint density at radius 1 is 0.923 bits per heavy atom. The maximum Gasteiger partial charge on any atom is 0.232 e. The van der Waals surface area contributed by atoms with Crippen LogP contribution in [0.1, 0.15) is 12.0 Å². The molecule has 3 rings (SSSR count). The molecule has 0 unspecified atom stereocenters. The fraction of sp³-hybridized carbons (Fsp3) is 0.300. The zero-order chi connectivity index (χ0) is 18.4. The molecular formula is C20H22FN3O2. The SMILES string of the molecule is O=C(CC(=O)N1CCN(c2ccccc2F)CC1)NCc1ccccc1. The van der Waals surface area contributed by atoms with Gasteiger partial charge in [0.1, 0.15) is 12.2 Å². The first kappa shape index (κ1) is 17.9. The van der Waals surface area contributed by atoms with Crippen LogP contribution in [0.4, 0.5) is 10.1 Å². The molecule has 6 heteroatoms. The number of para-hydroxylation sites is 1. The summed E-state index contributed by atoms with van der Waals surface area (Å²) in [5.41, 5.74) is 1.55. The van der Waals surface area contributed by atoms with Crippen LogP contribution in [0.3, 0.4) is 0 Å². The van der Waals surface area contributed by atoms with Crippen molar-refractivity contribution in [3.8, 4) is 0 Å². The first-order valence-electron chi connectivity index (χ1n) is 8.71. The fourth-order valence-electron chi connectivity index (χ4n) is 3.01. The van der Waals surface area contributed by atoms with Crippen LogP contribution in [0, 0.1) is 5.82 Å². The minimum absolute atomic E-state index is 0.160. The molecular weight excluding hydrogens is 333 g/mol. The Morgan fingerprint density at radius 2 is 1.58 bits per heavy atom. The van der Waals surface area contributed by atoms with Gasteiger partial charge < -0.3 is 15.1 Å². The molecule has 0 radical (unpaired) electrons. The second kappa shape index (κ2) is 8.47. The number of nitrogens with zero attached hydrogens (tertiary/aromatic N) is 2. The van der Waals surface area contributed by atoms with Crippen LogP contribution in [0.5, 0.6) is 0 Å². The van der Waals surface area contributed by atoms with Gasteiger partial charge in [0.05, 0.1) is 5.69 Å². The van der Waals surface area contributed by atoms with Gasteiger partial charge in [-0.15, -0.1) is 0 Å². The van der Waals surface area contributed by atoms with Crippen molar-refractivity contribution in [1.82, 2.24) is 10.2 Å². The van der Waals surface area contributed by atoms with E-state index in [9.17, 15) is 14.0 Å². The zero-order valence-electron chi connectivity index (χ0n) is 14.5. The average Bonchev–Trinajstić information content (AvgIpc) is 2.68. The number of anilines is 1. The van der Waals surface area contributed by atoms with Gasteiger partial charge in [-0.2, -0.15) is 0 Å². The third-order valence-corrected chi connectivity index (χ3v) is 4.47. The van der Waals surface area contributed by atoms with E-state index in [1.807, 2.05) is 35.2 Å². The highest BCUT2D eigenvalue weighted by atomic mass is 19.1. The molecule has 2 aromatic carbocycles. The smallest absolute Gasteiger partial charge is 0.232 e. The normalized spacial score (nSPS) is 14.2. The number of carbonyl (C=O) groups excluding carboxylic acids is 2. The number of hydrogen-bond donors (Lipinski definition) is 1. The van der Waals surface area contributed by atoms with Crippen LogP contribution >= 0.6 is 0 Å². The molecule has 5 nitrogen and oxygen atoms in total. The Bertz CT molecular complexity index is 759. The monoisotopic (exact) mass is 355 g/mol. The van der Waals surface area contributed by atoms with E-state index in [0.29, 0.717) is 38.4 Å². The Balaban J connectivity index is 1.45. The van der Waals surface area contributed by atoms with Crippen LogP contribution in [0.2, 0.25) is 0 Å². The minimum atomic E-state index is -0.282. The summed E-state index contributed by atoms with van der Waals surface area (Å²) in [6.07, 6.45) is -0.160. The average molecular weight is 355 g/mol. The molecule has 0 aliphatic carbocycles. The molecule has 1 fully saturated rings. The highest BCUT2D eigenvalue weighted by Gasteiger charge is 2.23. The molecule has 0 spiro atoms. The summed E-state index contributed by atoms with van der Waals surface area (Å²) in [5.74, 6) is -0.730. The van der Waals surface area contributed by atoms with E-state index in [1.54, 1.807) is 23.1 Å². The Hall–Kier alpha value is -2.89. The molecule has 2 aromatic rings. The highest BCUT2D eigenvalue weighted by molar-refractivity contribution is 5.96. The second-order valence-electron chi connectivity index (χ2n) is 6.26. The predicted octanol–water partition coefficient (Wildman–Crippen LogP) is 2.18. The number of piperazine rings is 1. The van der Waals surface area contributed by atoms with E-state index in [4.69, 9.17) is 0 Å². The number of halogens is 1. The van der Waals surface area contributed by atoms with Crippen molar-refractivity contribution in [2.75, 3.05) is 31.1 Å². The van der Waals surface area contributed by atoms with Gasteiger partial charge in [0.2, 0.25) is 11.8 Å². The molecule has 2 amide bonds. The standard InChI is InChI=1S/C20H22FN3O2/c21-17-8-4-5-9-18(17)23-10-12-24(13-11-23)20(26)14-19(25)22-15-16-6-2-1-3-7-16/h1-9H,10-15H2,(H,22,25). The quantitative estimate of drug-likeness (QED) is 0.837. The third kappa shape index (κ3) is 4.59. The maximum atomic E-state index is 13.9. The van der Waals surface area contributed by atoms with Crippen molar-refractivity contribution in [3.63, 3.8) is 0 Å². The van der Waals surface area contributed by atoms with Crippen LogP contribution in [0.25, 0.3) is 0 Å². The summed E-state index contributed by atoms with van der Waals surface area (Å²) < 4.78 is 13.9. The molecule has 0 atom stereocenters. The maximum absolute atomic E-state index is 13.9. The zero-order valence-corrected chi connectivity index (χ0v) is 14.5. The van der Waals surface area contributed by atoms with E-state index in [2.05, 4.69) is 5.32 Å². The van der Waals surface area contributed by atoms with Gasteiger partial charge in [0.25, 0.3) is 0 Å². The van der Waals surface area contributed by atoms with Crippen molar-refractivity contribution in [2.45, 2.75) is 13.0 Å². The van der Waals surface area contributed by atoms with E-state index >= 15 is 0 Å². The van der Waals surface area contributed by atoms with Crippen LogP contribution < -0.4 is 10.2 Å². The lowest BCUT2D eigenvalue weighted by atomic mass is 10.2. The number of benzene rings is 2. The van der Waals surface area contributed by atoms with Gasteiger partial charge in [-0.25, -0.2) is 4.39 Å². The molecule has 136 valence electrons. The summed E-state index contributed by atoms with van der Waals surface area (Å²) >= 11 is 0. The molecule has 1 aliphatic heterocycles. The molecule has 0 bridgehead atoms. The number of carbonyl (C=O) groups is 2. The molecule has 0 aromatic heterocycles. The number of rotatable bonds is 5. The van der Waals surface area contributed by atoms with Crippen LogP contribution in [-0.4, -0.2) is 42.9 Å². The largest absolute Gasteiger partial charge is 0.366 e. The molecule has 1 aliphatic rings. The van der Waals surface area contributed by atoms with E-state index < -0.39 is 0 Å². The van der Waals surface area contributed by atoms with Gasteiger partial charge in [0, 0.05) is 32.7 Å². The first-order valence-corrected chi connectivity index (χ1v) is 8.71. The van der Waals surface area contributed by atoms with Gasteiger partial charge in [0.15, 0.2) is 0 Å². The lowest BCUT2D eigenvalue weighted by Gasteiger charge is -2.36. The Labute approximate surface area is 152 Å². The first-order chi connectivity index (χ1) is 12.6. The summed E-state index contributed by atoms with van der Waals surface area (Å²) in [4.78, 5) is 27.9. The fourth-order valence-corrected chi connectivity index (χ4v) is 3.01. The summed E-state index contributed by atoms with van der Waals surface area (Å²) in [6, 6.07) is 16.2. The second-order valence-corrected chi connectivity index (χ2v) is 6.26. The molecule has 1 saturated heterocycles. The van der Waals surface area contributed by atoms with E-state index in [1.165, 1.54) is 6.07 Å². The predicted molar refractivity (Wildman–Crippen MR) is 98.1 cm³/mol. The third-order valence-electron chi connectivity index (χ3n) is 4.47. The lowest BCUT2D eigenvalue weighted by molar-refractivity contribution is -0.136. The van der Waals surface area contributed by atoms with Crippen molar-refractivity contribution in [1.29, 1.82) is 0 Å². The van der Waals surface area contributed by atoms with Crippen molar-refractivity contribution in [2.24, 2.45) is 0 Å². The number of hydrogen-bond acceptors (Lipinski definition) is 3. The summed E-state index contributed by atoms with van der Waals surface area (Å²) in [5, 5.41) is 2.76. The Morgan fingerprint density at radius 3 is 2.27 bits per heavy atom. The summed E-state index contributed by atoms with van der Waals surface area (Å²) in [6.45, 7) is 2.49. The van der Waals surface area contributed by atoms with Gasteiger partial charge in [-0.3, -0.25) is 9.59 Å². The molecule has 1 N–H and O–H groups in total. The molecule has 26 heavy (non-hydrogen) atoms. The highest BCUT2D eigenvalue weighted by Crippen LogP contribution is 2.20. The van der Waals surface area contributed by atoms with Crippen molar-refractivity contribution >= 4 is 17.5 Å². The Kier molecular flexibility index (Phi) is 5.84. The number of amides is 2. The number of nitrogens with one attached hydrogen (secondary N) is 1. The van der Waals surface area contributed by atoms with Crippen molar-refractivity contribution in [3.05, 3.63) is 66.0 Å². The lowest BCUT2D eigenvalue weighted by Crippen LogP contribution is -2.49.